The molecule has 0 radical (unpaired) electrons. The van der Waals surface area contributed by atoms with Gasteiger partial charge in [-0.05, 0) is 55.6 Å². The zero-order valence-corrected chi connectivity index (χ0v) is 17.8. The summed E-state index contributed by atoms with van der Waals surface area (Å²) in [6, 6.07) is 10.1. The Kier molecular flexibility index (Phi) is 7.52. The van der Waals surface area contributed by atoms with Gasteiger partial charge < -0.3 is 15.0 Å². The van der Waals surface area contributed by atoms with Crippen LogP contribution in [-0.4, -0.2) is 67.4 Å². The second-order valence-electron chi connectivity index (χ2n) is 8.01. The maximum absolute atomic E-state index is 12.2. The number of piperazine rings is 1. The van der Waals surface area contributed by atoms with Crippen molar-refractivity contribution in [2.45, 2.75) is 26.7 Å². The molecule has 2 aromatic rings. The van der Waals surface area contributed by atoms with E-state index in [4.69, 9.17) is 4.74 Å². The number of rotatable bonds is 9. The Morgan fingerprint density at radius 2 is 1.93 bits per heavy atom. The third-order valence-corrected chi connectivity index (χ3v) is 5.24. The minimum absolute atomic E-state index is 0.0967. The molecular formula is C22H33N5O2. The van der Waals surface area contributed by atoms with E-state index in [-0.39, 0.29) is 5.91 Å². The van der Waals surface area contributed by atoms with Crippen molar-refractivity contribution in [3.63, 3.8) is 0 Å². The summed E-state index contributed by atoms with van der Waals surface area (Å²) in [6.45, 7) is 10.1. The lowest BCUT2D eigenvalue weighted by Crippen LogP contribution is -2.47. The molecule has 1 aromatic heterocycles. The molecular weight excluding hydrogens is 366 g/mol. The lowest BCUT2D eigenvalue weighted by atomic mass is 10.1. The molecule has 7 heteroatoms. The summed E-state index contributed by atoms with van der Waals surface area (Å²) in [5.74, 6) is 1.33. The first kappa shape index (κ1) is 21.2. The Morgan fingerprint density at radius 1 is 1.21 bits per heavy atom. The third-order valence-electron chi connectivity index (χ3n) is 5.24. The quantitative estimate of drug-likeness (QED) is 0.634. The average Bonchev–Trinajstić information content (AvgIpc) is 3.19. The van der Waals surface area contributed by atoms with E-state index in [0.29, 0.717) is 18.2 Å². The summed E-state index contributed by atoms with van der Waals surface area (Å²) >= 11 is 0. The normalized spacial score (nSPS) is 15.0. The fraction of sp³-hybridized carbons (Fsp3) is 0.545. The fourth-order valence-corrected chi connectivity index (χ4v) is 3.64. The molecule has 0 aliphatic carbocycles. The highest BCUT2D eigenvalue weighted by atomic mass is 16.5. The van der Waals surface area contributed by atoms with Crippen LogP contribution in [0.25, 0.3) is 0 Å². The molecule has 0 saturated carbocycles. The molecule has 158 valence electrons. The van der Waals surface area contributed by atoms with Gasteiger partial charge in [0.2, 0.25) is 0 Å². The van der Waals surface area contributed by atoms with E-state index < -0.39 is 0 Å². The minimum Gasteiger partial charge on any atom is -0.497 e. The number of nitrogens with one attached hydrogen (secondary N) is 2. The third kappa shape index (κ3) is 6.22. The van der Waals surface area contributed by atoms with Gasteiger partial charge in [0.1, 0.15) is 11.4 Å². The van der Waals surface area contributed by atoms with Crippen molar-refractivity contribution in [2.75, 3.05) is 51.3 Å². The van der Waals surface area contributed by atoms with Crippen LogP contribution in [-0.2, 0) is 6.42 Å². The van der Waals surface area contributed by atoms with Crippen molar-refractivity contribution in [2.24, 2.45) is 5.92 Å². The van der Waals surface area contributed by atoms with Crippen molar-refractivity contribution in [1.82, 2.24) is 20.4 Å². The summed E-state index contributed by atoms with van der Waals surface area (Å²) in [6.07, 6.45) is 1.85. The highest BCUT2D eigenvalue weighted by Crippen LogP contribution is 2.20. The molecule has 0 spiro atoms. The van der Waals surface area contributed by atoms with Crippen LogP contribution in [0.4, 0.5) is 5.69 Å². The standard InChI is InChI=1S/C22H33N5O2/c1-17(2)15-18-16-21(25-24-18)22(28)23-9-4-10-26-11-13-27(14-12-26)19-5-7-20(29-3)8-6-19/h5-8,16-17H,4,9-15H2,1-3H3,(H,23,28)(H,24,25). The van der Waals surface area contributed by atoms with Crippen LogP contribution in [0.3, 0.4) is 0 Å². The van der Waals surface area contributed by atoms with Crippen LogP contribution in [0.2, 0.25) is 0 Å². The molecule has 1 aliphatic rings. The van der Waals surface area contributed by atoms with E-state index in [2.05, 4.69) is 51.3 Å². The van der Waals surface area contributed by atoms with E-state index >= 15 is 0 Å². The molecule has 3 rings (SSSR count). The number of hydrogen-bond acceptors (Lipinski definition) is 5. The van der Waals surface area contributed by atoms with Crippen molar-refractivity contribution in [3.8, 4) is 5.75 Å². The van der Waals surface area contributed by atoms with Crippen LogP contribution in [0, 0.1) is 5.92 Å². The van der Waals surface area contributed by atoms with E-state index in [1.54, 1.807) is 7.11 Å². The zero-order chi connectivity index (χ0) is 20.6. The topological polar surface area (TPSA) is 73.5 Å². The fourth-order valence-electron chi connectivity index (χ4n) is 3.64. The van der Waals surface area contributed by atoms with Gasteiger partial charge >= 0.3 is 0 Å². The lowest BCUT2D eigenvalue weighted by Gasteiger charge is -2.36. The van der Waals surface area contributed by atoms with Crippen molar-refractivity contribution in [3.05, 3.63) is 41.7 Å². The van der Waals surface area contributed by atoms with Crippen molar-refractivity contribution >= 4 is 11.6 Å². The SMILES string of the molecule is COc1ccc(N2CCN(CCCNC(=O)c3cc(CC(C)C)[nH]n3)CC2)cc1. The van der Waals surface area contributed by atoms with Crippen LogP contribution < -0.4 is 15.0 Å². The van der Waals surface area contributed by atoms with Gasteiger partial charge in [0.15, 0.2) is 0 Å². The summed E-state index contributed by atoms with van der Waals surface area (Å²) in [7, 11) is 1.69. The molecule has 2 heterocycles. The minimum atomic E-state index is -0.0967. The van der Waals surface area contributed by atoms with E-state index in [1.165, 1.54) is 5.69 Å². The first-order valence-electron chi connectivity index (χ1n) is 10.5. The largest absolute Gasteiger partial charge is 0.497 e. The Morgan fingerprint density at radius 3 is 2.59 bits per heavy atom. The second kappa shape index (κ2) is 10.3. The predicted molar refractivity (Wildman–Crippen MR) is 116 cm³/mol. The van der Waals surface area contributed by atoms with Crippen LogP contribution in [0.5, 0.6) is 5.75 Å². The van der Waals surface area contributed by atoms with Gasteiger partial charge in [0.05, 0.1) is 7.11 Å². The second-order valence-corrected chi connectivity index (χ2v) is 8.01. The lowest BCUT2D eigenvalue weighted by molar-refractivity contribution is 0.0946. The molecule has 0 unspecified atom stereocenters. The summed E-state index contributed by atoms with van der Waals surface area (Å²) in [5, 5.41) is 10.1. The Bertz CT molecular complexity index is 764. The summed E-state index contributed by atoms with van der Waals surface area (Å²) < 4.78 is 5.23. The monoisotopic (exact) mass is 399 g/mol. The van der Waals surface area contributed by atoms with Crippen LogP contribution >= 0.6 is 0 Å². The maximum atomic E-state index is 12.2. The molecule has 1 amide bonds. The zero-order valence-electron chi connectivity index (χ0n) is 17.8. The summed E-state index contributed by atoms with van der Waals surface area (Å²) in [4.78, 5) is 17.1. The number of nitrogens with zero attached hydrogens (tertiary/aromatic N) is 3. The number of methoxy groups -OCH3 is 1. The predicted octanol–water partition coefficient (Wildman–Crippen LogP) is 2.56. The van der Waals surface area contributed by atoms with E-state index in [1.807, 2.05) is 18.2 Å². The Labute approximate surface area is 173 Å². The Balaban J connectivity index is 1.33. The van der Waals surface area contributed by atoms with Gasteiger partial charge in [-0.25, -0.2) is 0 Å². The first-order valence-corrected chi connectivity index (χ1v) is 10.5. The van der Waals surface area contributed by atoms with Gasteiger partial charge in [-0.15, -0.1) is 0 Å². The molecule has 0 atom stereocenters. The van der Waals surface area contributed by atoms with Gasteiger partial charge in [-0.2, -0.15) is 5.10 Å². The molecule has 1 saturated heterocycles. The number of aromatic amines is 1. The Hall–Kier alpha value is -2.54. The average molecular weight is 400 g/mol. The molecule has 1 aromatic carbocycles. The van der Waals surface area contributed by atoms with E-state index in [0.717, 1.165) is 57.0 Å². The number of H-pyrrole nitrogens is 1. The number of hydrogen-bond donors (Lipinski definition) is 2. The number of carbonyl (C=O) groups excluding carboxylic acids is 1. The molecule has 7 nitrogen and oxygen atoms in total. The molecule has 29 heavy (non-hydrogen) atoms. The van der Waals surface area contributed by atoms with Crippen molar-refractivity contribution < 1.29 is 9.53 Å². The van der Waals surface area contributed by atoms with Gasteiger partial charge in [-0.1, -0.05) is 13.8 Å². The van der Waals surface area contributed by atoms with E-state index in [9.17, 15) is 4.79 Å². The van der Waals surface area contributed by atoms with Gasteiger partial charge in [0, 0.05) is 44.1 Å². The number of ether oxygens (including phenoxy) is 1. The number of aromatic nitrogens is 2. The highest BCUT2D eigenvalue weighted by molar-refractivity contribution is 5.92. The number of carbonyl (C=O) groups is 1. The number of amides is 1. The summed E-state index contributed by atoms with van der Waals surface area (Å²) in [5.41, 5.74) is 2.74. The van der Waals surface area contributed by atoms with Crippen LogP contribution in [0.1, 0.15) is 36.5 Å². The van der Waals surface area contributed by atoms with Crippen LogP contribution in [0.15, 0.2) is 30.3 Å². The molecule has 0 bridgehead atoms. The van der Waals surface area contributed by atoms with Gasteiger partial charge in [0.25, 0.3) is 5.91 Å². The van der Waals surface area contributed by atoms with Crippen molar-refractivity contribution in [1.29, 1.82) is 0 Å². The molecule has 1 aliphatic heterocycles. The molecule has 2 N–H and O–H groups in total. The number of benzene rings is 1. The van der Waals surface area contributed by atoms with Gasteiger partial charge in [-0.3, -0.25) is 14.8 Å². The first-order chi connectivity index (χ1) is 14.0. The highest BCUT2D eigenvalue weighted by Gasteiger charge is 2.17. The smallest absolute Gasteiger partial charge is 0.271 e. The maximum Gasteiger partial charge on any atom is 0.271 e. The number of anilines is 1. The molecule has 1 fully saturated rings.